The van der Waals surface area contributed by atoms with Gasteiger partial charge >= 0.3 is 0 Å². The van der Waals surface area contributed by atoms with Crippen molar-refractivity contribution >= 4 is 22.9 Å². The summed E-state index contributed by atoms with van der Waals surface area (Å²) in [5.74, 6) is -0.555. The zero-order chi connectivity index (χ0) is 21.1. The summed E-state index contributed by atoms with van der Waals surface area (Å²) >= 11 is 0. The molecule has 3 aromatic rings. The number of nitrogens with zero attached hydrogens (tertiary/aromatic N) is 1. The molecule has 1 amide bonds. The number of likely N-dealkylation sites (tertiary alicyclic amines) is 1. The number of hydrogen-bond donors (Lipinski definition) is 4. The number of nitrogens with one attached hydrogen (secondary N) is 2. The summed E-state index contributed by atoms with van der Waals surface area (Å²) in [5, 5.41) is 20.1. The standard InChI is InChI=1S/C24H27N3O3/c1-16-22(21-4-2-3-5-23(21)25-16)13-19-12-20(28)15-27(19)14-18-8-6-17(7-9-18)10-11-24(29)26-30/h2-11,19-20,25,28,30H,12-15H2,1H3,(H,26,29)/t19-,20+/m1/s1. The van der Waals surface area contributed by atoms with Crippen molar-refractivity contribution in [3.05, 3.63) is 77.0 Å². The number of hydrogen-bond acceptors (Lipinski definition) is 4. The van der Waals surface area contributed by atoms with Gasteiger partial charge in [0.25, 0.3) is 5.91 Å². The lowest BCUT2D eigenvalue weighted by Gasteiger charge is -2.24. The number of aromatic amines is 1. The van der Waals surface area contributed by atoms with E-state index in [1.807, 2.05) is 30.3 Å². The number of aliphatic hydroxyl groups is 1. The Morgan fingerprint density at radius 1 is 1.23 bits per heavy atom. The lowest BCUT2D eigenvalue weighted by molar-refractivity contribution is -0.124. The van der Waals surface area contributed by atoms with Gasteiger partial charge in [-0.25, -0.2) is 5.48 Å². The van der Waals surface area contributed by atoms with Crippen LogP contribution in [0.4, 0.5) is 0 Å². The van der Waals surface area contributed by atoms with E-state index in [9.17, 15) is 9.90 Å². The molecular weight excluding hydrogens is 378 g/mol. The van der Waals surface area contributed by atoms with Crippen molar-refractivity contribution in [1.29, 1.82) is 0 Å². The smallest absolute Gasteiger partial charge is 0.267 e. The lowest BCUT2D eigenvalue weighted by Crippen LogP contribution is -2.31. The van der Waals surface area contributed by atoms with Crippen molar-refractivity contribution in [2.45, 2.75) is 38.5 Å². The molecule has 0 spiro atoms. The number of β-amino-alcohol motifs (C(OH)–C–C–N with tert-alkyl or cyclic N) is 1. The number of aryl methyl sites for hydroxylation is 1. The van der Waals surface area contributed by atoms with E-state index in [1.54, 1.807) is 11.6 Å². The maximum Gasteiger partial charge on any atom is 0.267 e. The molecule has 156 valence electrons. The summed E-state index contributed by atoms with van der Waals surface area (Å²) in [4.78, 5) is 16.9. The van der Waals surface area contributed by atoms with Crippen LogP contribution in [-0.2, 0) is 17.8 Å². The van der Waals surface area contributed by atoms with Crippen LogP contribution in [0.3, 0.4) is 0 Å². The van der Waals surface area contributed by atoms with Crippen molar-refractivity contribution in [2.24, 2.45) is 0 Å². The minimum atomic E-state index is -0.555. The normalized spacial score (nSPS) is 19.7. The first-order valence-electron chi connectivity index (χ1n) is 10.2. The Morgan fingerprint density at radius 2 is 2.00 bits per heavy atom. The summed E-state index contributed by atoms with van der Waals surface area (Å²) in [6, 6.07) is 16.6. The molecule has 0 saturated carbocycles. The Morgan fingerprint density at radius 3 is 2.77 bits per heavy atom. The van der Waals surface area contributed by atoms with Crippen LogP contribution in [0.1, 0.15) is 28.8 Å². The minimum absolute atomic E-state index is 0.283. The summed E-state index contributed by atoms with van der Waals surface area (Å²) in [5.41, 5.74) is 7.31. The Hall–Kier alpha value is -2.93. The topological polar surface area (TPSA) is 88.6 Å². The van der Waals surface area contributed by atoms with E-state index in [1.165, 1.54) is 22.7 Å². The minimum Gasteiger partial charge on any atom is -0.392 e. The predicted molar refractivity (Wildman–Crippen MR) is 117 cm³/mol. The van der Waals surface area contributed by atoms with Gasteiger partial charge in [-0.2, -0.15) is 0 Å². The molecule has 2 atom stereocenters. The van der Waals surface area contributed by atoms with Gasteiger partial charge in [-0.1, -0.05) is 42.5 Å². The number of hydroxylamine groups is 1. The number of H-pyrrole nitrogens is 1. The lowest BCUT2D eigenvalue weighted by atomic mass is 10.00. The Bertz CT molecular complexity index is 1060. The van der Waals surface area contributed by atoms with Crippen LogP contribution in [0.5, 0.6) is 0 Å². The van der Waals surface area contributed by atoms with E-state index in [-0.39, 0.29) is 12.1 Å². The summed E-state index contributed by atoms with van der Waals surface area (Å²) < 4.78 is 0. The van der Waals surface area contributed by atoms with Gasteiger partial charge < -0.3 is 10.1 Å². The van der Waals surface area contributed by atoms with Crippen molar-refractivity contribution in [2.75, 3.05) is 6.54 Å². The molecule has 0 radical (unpaired) electrons. The second-order valence-corrected chi connectivity index (χ2v) is 8.00. The largest absolute Gasteiger partial charge is 0.392 e. The molecule has 2 heterocycles. The number of para-hydroxylation sites is 1. The van der Waals surface area contributed by atoms with Crippen molar-refractivity contribution in [3.8, 4) is 0 Å². The third kappa shape index (κ3) is 4.46. The van der Waals surface area contributed by atoms with Crippen LogP contribution >= 0.6 is 0 Å². The molecule has 1 aliphatic heterocycles. The molecule has 6 nitrogen and oxygen atoms in total. The van der Waals surface area contributed by atoms with Gasteiger partial charge in [-0.05, 0) is 48.6 Å². The number of rotatable bonds is 6. The molecule has 0 bridgehead atoms. The summed E-state index contributed by atoms with van der Waals surface area (Å²) in [6.45, 7) is 3.56. The second kappa shape index (κ2) is 8.83. The number of carbonyl (C=O) groups excluding carboxylic acids is 1. The fourth-order valence-electron chi connectivity index (χ4n) is 4.37. The van der Waals surface area contributed by atoms with Crippen LogP contribution in [0.2, 0.25) is 0 Å². The van der Waals surface area contributed by atoms with E-state index < -0.39 is 5.91 Å². The zero-order valence-electron chi connectivity index (χ0n) is 17.0. The molecule has 1 saturated heterocycles. The van der Waals surface area contributed by atoms with Crippen LogP contribution in [0, 0.1) is 6.92 Å². The van der Waals surface area contributed by atoms with E-state index in [0.29, 0.717) is 6.54 Å². The van der Waals surface area contributed by atoms with E-state index in [4.69, 9.17) is 5.21 Å². The molecule has 0 aliphatic carbocycles. The van der Waals surface area contributed by atoms with Gasteiger partial charge in [0.05, 0.1) is 6.10 Å². The summed E-state index contributed by atoms with van der Waals surface area (Å²) in [7, 11) is 0. The second-order valence-electron chi connectivity index (χ2n) is 8.00. The molecule has 30 heavy (non-hydrogen) atoms. The van der Waals surface area contributed by atoms with Crippen LogP contribution < -0.4 is 5.48 Å². The van der Waals surface area contributed by atoms with Gasteiger partial charge in [0.15, 0.2) is 0 Å². The number of benzene rings is 2. The van der Waals surface area contributed by atoms with Gasteiger partial charge in [-0.15, -0.1) is 0 Å². The SMILES string of the molecule is Cc1[nH]c2ccccc2c1C[C@H]1C[C@H](O)CN1Cc1ccc(C=CC(=O)NO)cc1. The highest BCUT2D eigenvalue weighted by Crippen LogP contribution is 2.29. The predicted octanol–water partition coefficient (Wildman–Crippen LogP) is 3.17. The molecule has 6 heteroatoms. The van der Waals surface area contributed by atoms with Gasteiger partial charge in [-0.3, -0.25) is 14.9 Å². The van der Waals surface area contributed by atoms with Crippen LogP contribution in [0.25, 0.3) is 17.0 Å². The fourth-order valence-corrected chi connectivity index (χ4v) is 4.37. The maximum absolute atomic E-state index is 11.1. The zero-order valence-corrected chi connectivity index (χ0v) is 17.0. The van der Waals surface area contributed by atoms with Crippen molar-refractivity contribution in [1.82, 2.24) is 15.4 Å². The van der Waals surface area contributed by atoms with E-state index in [0.717, 1.165) is 36.0 Å². The molecule has 0 unspecified atom stereocenters. The van der Waals surface area contributed by atoms with E-state index >= 15 is 0 Å². The first-order valence-corrected chi connectivity index (χ1v) is 10.2. The Labute approximate surface area is 175 Å². The highest BCUT2D eigenvalue weighted by Gasteiger charge is 2.31. The van der Waals surface area contributed by atoms with Crippen molar-refractivity contribution < 1.29 is 15.1 Å². The monoisotopic (exact) mass is 405 g/mol. The van der Waals surface area contributed by atoms with E-state index in [2.05, 4.69) is 35.0 Å². The highest BCUT2D eigenvalue weighted by atomic mass is 16.5. The Balaban J connectivity index is 1.47. The van der Waals surface area contributed by atoms with Crippen LogP contribution in [-0.4, -0.2) is 44.8 Å². The molecule has 1 aromatic heterocycles. The quantitative estimate of drug-likeness (QED) is 0.288. The maximum atomic E-state index is 11.1. The third-order valence-corrected chi connectivity index (χ3v) is 5.88. The number of aromatic nitrogens is 1. The highest BCUT2D eigenvalue weighted by molar-refractivity contribution is 5.90. The van der Waals surface area contributed by atoms with Crippen LogP contribution in [0.15, 0.2) is 54.6 Å². The average Bonchev–Trinajstić information content (AvgIpc) is 3.26. The average molecular weight is 405 g/mol. The molecule has 2 aromatic carbocycles. The third-order valence-electron chi connectivity index (χ3n) is 5.88. The first-order chi connectivity index (χ1) is 14.5. The van der Waals surface area contributed by atoms with Crippen molar-refractivity contribution in [3.63, 3.8) is 0 Å². The Kier molecular flexibility index (Phi) is 5.99. The molecule has 4 N–H and O–H groups in total. The number of fused-ring (bicyclic) bond motifs is 1. The molecular formula is C24H27N3O3. The number of aliphatic hydroxyl groups excluding tert-OH is 1. The fraction of sp³-hybridized carbons (Fsp3) is 0.292. The van der Waals surface area contributed by atoms with Gasteiger partial charge in [0.2, 0.25) is 0 Å². The molecule has 1 aliphatic rings. The molecule has 1 fully saturated rings. The number of carbonyl (C=O) groups is 1. The van der Waals surface area contributed by atoms with Gasteiger partial charge in [0, 0.05) is 41.8 Å². The van der Waals surface area contributed by atoms with Gasteiger partial charge in [0.1, 0.15) is 0 Å². The summed E-state index contributed by atoms with van der Waals surface area (Å²) in [6.07, 6.45) is 4.31. The first kappa shape index (κ1) is 20.3. The number of amides is 1. The molecule has 4 rings (SSSR count).